The largest absolute Gasteiger partial charge is 0.416 e. The van der Waals surface area contributed by atoms with Crippen molar-refractivity contribution in [2.24, 2.45) is 0 Å². The lowest BCUT2D eigenvalue weighted by atomic mass is 10.0. The number of nitrogens with zero attached hydrogens (tertiary/aromatic N) is 1. The molecule has 1 fully saturated rings. The van der Waals surface area contributed by atoms with Crippen molar-refractivity contribution >= 4 is 36.4 Å². The lowest BCUT2D eigenvalue weighted by molar-refractivity contribution is -0.137. The van der Waals surface area contributed by atoms with Gasteiger partial charge in [0.05, 0.1) is 5.56 Å². The van der Waals surface area contributed by atoms with Crippen LogP contribution in [0.15, 0.2) is 18.2 Å². The molecular weight excluding hydrogens is 348 g/mol. The number of hydrogen-bond acceptors (Lipinski definition) is 2. The van der Waals surface area contributed by atoms with E-state index < -0.39 is 11.7 Å². The highest BCUT2D eigenvalue weighted by molar-refractivity contribution is 6.30. The molecule has 0 saturated carbocycles. The summed E-state index contributed by atoms with van der Waals surface area (Å²) < 4.78 is 38.3. The Labute approximate surface area is 139 Å². The standard InChI is InChI=1S/C13H16ClF3N2.2ClH/c1-9(19-4-2-18-3-5-19)10-6-11(13(15,16)17)8-12(14)7-10;;/h6-9,18H,2-5H2,1H3;2*1H/t9-;;/m1../s1. The van der Waals surface area contributed by atoms with Crippen LogP contribution in [0.1, 0.15) is 24.1 Å². The van der Waals surface area contributed by atoms with Crippen LogP contribution in [0.4, 0.5) is 13.2 Å². The minimum absolute atomic E-state index is 0. The van der Waals surface area contributed by atoms with Gasteiger partial charge in [0.15, 0.2) is 0 Å². The van der Waals surface area contributed by atoms with E-state index in [2.05, 4.69) is 10.2 Å². The summed E-state index contributed by atoms with van der Waals surface area (Å²) in [6.45, 7) is 5.29. The van der Waals surface area contributed by atoms with E-state index in [1.807, 2.05) is 6.92 Å². The summed E-state index contributed by atoms with van der Waals surface area (Å²) in [6.07, 6.45) is -4.36. The SMILES string of the molecule is C[C@H](c1cc(Cl)cc(C(F)(F)F)c1)N1CCNCC1.Cl.Cl. The fraction of sp³-hybridized carbons (Fsp3) is 0.538. The Bertz CT molecular complexity index is 449. The number of benzene rings is 1. The number of alkyl halides is 3. The second kappa shape index (κ2) is 8.44. The third kappa shape index (κ3) is 5.49. The molecule has 0 radical (unpaired) electrons. The summed E-state index contributed by atoms with van der Waals surface area (Å²) in [5.74, 6) is 0. The molecular formula is C13H18Cl3F3N2. The molecule has 0 bridgehead atoms. The second-order valence-electron chi connectivity index (χ2n) is 4.73. The molecule has 21 heavy (non-hydrogen) atoms. The van der Waals surface area contributed by atoms with Crippen LogP contribution in [0, 0.1) is 0 Å². The van der Waals surface area contributed by atoms with Crippen molar-refractivity contribution in [3.05, 3.63) is 34.3 Å². The van der Waals surface area contributed by atoms with Gasteiger partial charge in [0, 0.05) is 37.2 Å². The van der Waals surface area contributed by atoms with Crippen LogP contribution in [-0.2, 0) is 6.18 Å². The van der Waals surface area contributed by atoms with E-state index in [4.69, 9.17) is 11.6 Å². The van der Waals surface area contributed by atoms with Gasteiger partial charge in [-0.2, -0.15) is 13.2 Å². The minimum Gasteiger partial charge on any atom is -0.314 e. The third-order valence-corrected chi connectivity index (χ3v) is 3.65. The summed E-state index contributed by atoms with van der Waals surface area (Å²) >= 11 is 5.81. The zero-order valence-electron chi connectivity index (χ0n) is 11.4. The molecule has 1 heterocycles. The van der Waals surface area contributed by atoms with E-state index in [0.717, 1.165) is 32.2 Å². The van der Waals surface area contributed by atoms with Gasteiger partial charge in [-0.1, -0.05) is 11.6 Å². The van der Waals surface area contributed by atoms with E-state index in [1.54, 1.807) is 6.07 Å². The van der Waals surface area contributed by atoms with Gasteiger partial charge in [0.25, 0.3) is 0 Å². The molecule has 1 saturated heterocycles. The maximum Gasteiger partial charge on any atom is 0.416 e. The highest BCUT2D eigenvalue weighted by Gasteiger charge is 2.32. The minimum atomic E-state index is -4.36. The molecule has 8 heteroatoms. The van der Waals surface area contributed by atoms with Crippen molar-refractivity contribution in [3.63, 3.8) is 0 Å². The zero-order chi connectivity index (χ0) is 14.0. The predicted molar refractivity (Wildman–Crippen MR) is 83.8 cm³/mol. The van der Waals surface area contributed by atoms with Crippen LogP contribution in [0.5, 0.6) is 0 Å². The lowest BCUT2D eigenvalue weighted by Crippen LogP contribution is -2.44. The Morgan fingerprint density at radius 1 is 1.14 bits per heavy atom. The van der Waals surface area contributed by atoms with Crippen molar-refractivity contribution in [3.8, 4) is 0 Å². The fourth-order valence-electron chi connectivity index (χ4n) is 2.30. The first-order valence-corrected chi connectivity index (χ1v) is 6.58. The van der Waals surface area contributed by atoms with Gasteiger partial charge in [-0.25, -0.2) is 0 Å². The van der Waals surface area contributed by atoms with Crippen LogP contribution in [0.25, 0.3) is 0 Å². The van der Waals surface area contributed by atoms with Gasteiger partial charge in [-0.05, 0) is 30.7 Å². The third-order valence-electron chi connectivity index (χ3n) is 3.43. The Hall–Kier alpha value is -0.200. The van der Waals surface area contributed by atoms with Crippen molar-refractivity contribution in [2.45, 2.75) is 19.1 Å². The molecule has 1 aliphatic rings. The molecule has 1 N–H and O–H groups in total. The van der Waals surface area contributed by atoms with E-state index in [1.165, 1.54) is 6.07 Å². The highest BCUT2D eigenvalue weighted by Crippen LogP contribution is 2.34. The molecule has 0 aliphatic carbocycles. The first-order chi connectivity index (χ1) is 8.88. The Balaban J connectivity index is 0.00000200. The monoisotopic (exact) mass is 364 g/mol. The molecule has 0 aromatic heterocycles. The first kappa shape index (κ1) is 20.8. The van der Waals surface area contributed by atoms with Crippen molar-refractivity contribution in [1.29, 1.82) is 0 Å². The summed E-state index contributed by atoms with van der Waals surface area (Å²) in [5, 5.41) is 3.35. The second-order valence-corrected chi connectivity index (χ2v) is 5.17. The zero-order valence-corrected chi connectivity index (χ0v) is 13.8. The maximum atomic E-state index is 12.8. The number of halogens is 6. The van der Waals surface area contributed by atoms with Crippen LogP contribution in [-0.4, -0.2) is 31.1 Å². The summed E-state index contributed by atoms with van der Waals surface area (Å²) in [7, 11) is 0. The van der Waals surface area contributed by atoms with E-state index in [0.29, 0.717) is 5.56 Å². The molecule has 1 atom stereocenters. The van der Waals surface area contributed by atoms with Gasteiger partial charge < -0.3 is 5.32 Å². The summed E-state index contributed by atoms with van der Waals surface area (Å²) in [4.78, 5) is 2.16. The summed E-state index contributed by atoms with van der Waals surface area (Å²) in [5.41, 5.74) is -0.0706. The van der Waals surface area contributed by atoms with Crippen molar-refractivity contribution < 1.29 is 13.2 Å². The summed E-state index contributed by atoms with van der Waals surface area (Å²) in [6, 6.07) is 3.71. The number of rotatable bonds is 2. The highest BCUT2D eigenvalue weighted by atomic mass is 35.5. The normalized spacial score (nSPS) is 17.6. The van der Waals surface area contributed by atoms with E-state index in [9.17, 15) is 13.2 Å². The molecule has 1 aromatic carbocycles. The van der Waals surface area contributed by atoms with Crippen LogP contribution in [0.3, 0.4) is 0 Å². The maximum absolute atomic E-state index is 12.8. The molecule has 1 aromatic rings. The van der Waals surface area contributed by atoms with E-state index >= 15 is 0 Å². The lowest BCUT2D eigenvalue weighted by Gasteiger charge is -2.33. The van der Waals surface area contributed by atoms with Crippen LogP contribution < -0.4 is 5.32 Å². The molecule has 0 unspecified atom stereocenters. The quantitative estimate of drug-likeness (QED) is 0.846. The smallest absolute Gasteiger partial charge is 0.314 e. The van der Waals surface area contributed by atoms with Gasteiger partial charge in [-0.15, -0.1) is 24.8 Å². The molecule has 1 aliphatic heterocycles. The molecule has 2 rings (SSSR count). The van der Waals surface area contributed by atoms with Crippen LogP contribution in [0.2, 0.25) is 5.02 Å². The van der Waals surface area contributed by atoms with Crippen molar-refractivity contribution in [2.75, 3.05) is 26.2 Å². The van der Waals surface area contributed by atoms with Gasteiger partial charge >= 0.3 is 6.18 Å². The molecule has 122 valence electrons. The van der Waals surface area contributed by atoms with Gasteiger partial charge in [0.2, 0.25) is 0 Å². The number of piperazine rings is 1. The average molecular weight is 366 g/mol. The first-order valence-electron chi connectivity index (χ1n) is 6.20. The van der Waals surface area contributed by atoms with Crippen LogP contribution >= 0.6 is 36.4 Å². The topological polar surface area (TPSA) is 15.3 Å². The number of nitrogens with one attached hydrogen (secondary N) is 1. The Kier molecular flexibility index (Phi) is 8.36. The van der Waals surface area contributed by atoms with Gasteiger partial charge in [0.1, 0.15) is 0 Å². The van der Waals surface area contributed by atoms with Gasteiger partial charge in [-0.3, -0.25) is 4.90 Å². The number of hydrogen-bond donors (Lipinski definition) is 1. The predicted octanol–water partition coefficient (Wildman–Crippen LogP) is 4.17. The van der Waals surface area contributed by atoms with Crippen molar-refractivity contribution in [1.82, 2.24) is 10.2 Å². The Morgan fingerprint density at radius 2 is 1.71 bits per heavy atom. The molecule has 0 spiro atoms. The Morgan fingerprint density at radius 3 is 2.24 bits per heavy atom. The molecule has 2 nitrogen and oxygen atoms in total. The molecule has 0 amide bonds. The van der Waals surface area contributed by atoms with E-state index in [-0.39, 0.29) is 35.9 Å². The average Bonchev–Trinajstić information content (AvgIpc) is 2.37. The fourth-order valence-corrected chi connectivity index (χ4v) is 2.54.